The molecule has 0 N–H and O–H groups in total. The molecular formula is C25H26F3O3S+. The van der Waals surface area contributed by atoms with Gasteiger partial charge in [-0.15, -0.1) is 13.2 Å². The van der Waals surface area contributed by atoms with Gasteiger partial charge in [0, 0.05) is 18.6 Å². The Morgan fingerprint density at radius 1 is 0.719 bits per heavy atom. The summed E-state index contributed by atoms with van der Waals surface area (Å²) >= 11 is 0. The summed E-state index contributed by atoms with van der Waals surface area (Å²) in [5.41, 5.74) is -0.471. The summed E-state index contributed by atoms with van der Waals surface area (Å²) in [6.07, 6.45) is -5.62. The average molecular weight is 464 g/mol. The molecule has 0 aromatic heterocycles. The van der Waals surface area contributed by atoms with Crippen LogP contribution in [0.15, 0.2) is 93.5 Å². The Morgan fingerprint density at radius 2 is 1.25 bits per heavy atom. The van der Waals surface area contributed by atoms with E-state index < -0.39 is 34.7 Å². The lowest BCUT2D eigenvalue weighted by Gasteiger charge is -2.30. The van der Waals surface area contributed by atoms with Crippen LogP contribution in [0.4, 0.5) is 13.2 Å². The summed E-state index contributed by atoms with van der Waals surface area (Å²) in [4.78, 5) is 2.87. The second kappa shape index (κ2) is 9.88. The molecule has 1 atom stereocenters. The van der Waals surface area contributed by atoms with Crippen LogP contribution in [0.1, 0.15) is 20.8 Å². The molecule has 3 rings (SSSR count). The number of benzene rings is 3. The predicted octanol–water partition coefficient (Wildman–Crippen LogP) is 7.08. The van der Waals surface area contributed by atoms with Crippen LogP contribution in [-0.2, 0) is 15.6 Å². The molecule has 0 bridgehead atoms. The molecule has 3 aromatic rings. The number of alkyl halides is 3. The molecule has 3 aromatic carbocycles. The summed E-state index contributed by atoms with van der Waals surface area (Å²) < 4.78 is 54.8. The van der Waals surface area contributed by atoms with Crippen LogP contribution < -0.4 is 9.47 Å². The van der Waals surface area contributed by atoms with E-state index in [2.05, 4.69) is 4.74 Å². The van der Waals surface area contributed by atoms with Gasteiger partial charge in [0.25, 0.3) is 0 Å². The summed E-state index contributed by atoms with van der Waals surface area (Å²) in [6.45, 7) is 5.65. The fraction of sp³-hybridized carbons (Fsp3) is 0.280. The smallest absolute Gasteiger partial charge is 0.460 e. The van der Waals surface area contributed by atoms with Gasteiger partial charge < -0.3 is 14.2 Å². The monoisotopic (exact) mass is 463 g/mol. The lowest BCUT2D eigenvalue weighted by atomic mass is 9.96. The van der Waals surface area contributed by atoms with Crippen LogP contribution in [-0.4, -0.2) is 19.8 Å². The van der Waals surface area contributed by atoms with E-state index in [1.54, 1.807) is 12.1 Å². The molecule has 0 fully saturated rings. The van der Waals surface area contributed by atoms with Crippen LogP contribution in [0.3, 0.4) is 0 Å². The molecule has 0 radical (unpaired) electrons. The van der Waals surface area contributed by atoms with Gasteiger partial charge in [-0.25, -0.2) is 0 Å². The lowest BCUT2D eigenvalue weighted by molar-refractivity contribution is -0.275. The Bertz CT molecular complexity index is 963. The van der Waals surface area contributed by atoms with Crippen molar-refractivity contribution < 1.29 is 27.4 Å². The second-order valence-corrected chi connectivity index (χ2v) is 10.2. The Hall–Kier alpha value is -2.64. The van der Waals surface area contributed by atoms with Crippen LogP contribution in [0.5, 0.6) is 11.5 Å². The van der Waals surface area contributed by atoms with Gasteiger partial charge in [0.2, 0.25) is 6.29 Å². The molecule has 3 nitrogen and oxygen atoms in total. The van der Waals surface area contributed by atoms with Gasteiger partial charge in [0.05, 0.1) is 10.9 Å². The third-order valence-electron chi connectivity index (χ3n) is 4.49. The number of hydrogen-bond donors (Lipinski definition) is 0. The molecule has 0 amide bonds. The van der Waals surface area contributed by atoms with Crippen molar-refractivity contribution in [2.75, 3.05) is 7.11 Å². The fourth-order valence-electron chi connectivity index (χ4n) is 3.13. The zero-order valence-electron chi connectivity index (χ0n) is 18.3. The van der Waals surface area contributed by atoms with Gasteiger partial charge in [-0.1, -0.05) is 57.2 Å². The van der Waals surface area contributed by atoms with E-state index in [4.69, 9.17) is 9.47 Å². The third kappa shape index (κ3) is 6.20. The maximum Gasteiger partial charge on any atom is 0.573 e. The Kier molecular flexibility index (Phi) is 7.41. The van der Waals surface area contributed by atoms with Crippen molar-refractivity contribution >= 4 is 10.9 Å². The molecule has 0 spiro atoms. The molecular weight excluding hydrogens is 437 g/mol. The molecule has 32 heavy (non-hydrogen) atoms. The normalized spacial score (nSPS) is 13.1. The first kappa shape index (κ1) is 24.0. The fourth-order valence-corrected chi connectivity index (χ4v) is 5.24. The highest BCUT2D eigenvalue weighted by atomic mass is 32.2. The maximum atomic E-state index is 13.1. The van der Waals surface area contributed by atoms with E-state index in [-0.39, 0.29) is 5.75 Å². The van der Waals surface area contributed by atoms with E-state index in [1.165, 1.54) is 13.2 Å². The van der Waals surface area contributed by atoms with Crippen LogP contribution >= 0.6 is 0 Å². The number of rotatable bonds is 7. The van der Waals surface area contributed by atoms with Crippen molar-refractivity contribution in [2.24, 2.45) is 5.41 Å². The van der Waals surface area contributed by atoms with Gasteiger partial charge in [0.15, 0.2) is 26.2 Å². The van der Waals surface area contributed by atoms with E-state index in [0.29, 0.717) is 0 Å². The summed E-state index contributed by atoms with van der Waals surface area (Å²) in [7, 11) is 0.909. The molecule has 0 heterocycles. The van der Waals surface area contributed by atoms with Crippen molar-refractivity contribution in [1.82, 2.24) is 0 Å². The van der Waals surface area contributed by atoms with Crippen molar-refractivity contribution in [3.05, 3.63) is 78.9 Å². The second-order valence-electron chi connectivity index (χ2n) is 8.14. The Morgan fingerprint density at radius 3 is 1.69 bits per heavy atom. The van der Waals surface area contributed by atoms with Gasteiger partial charge in [-0.05, 0) is 36.4 Å². The van der Waals surface area contributed by atoms with Gasteiger partial charge >= 0.3 is 6.36 Å². The summed E-state index contributed by atoms with van der Waals surface area (Å²) in [5, 5.41) is 0. The van der Waals surface area contributed by atoms with Crippen molar-refractivity contribution in [3.8, 4) is 11.5 Å². The minimum atomic E-state index is -4.84. The number of methoxy groups -OCH3 is 1. The van der Waals surface area contributed by atoms with Gasteiger partial charge in [0.1, 0.15) is 0 Å². The molecule has 0 aliphatic rings. The first-order valence-electron chi connectivity index (χ1n) is 10.0. The SMILES string of the molecule is COC(Oc1cc([S+](c2ccccc2)c2ccccc2)ccc1OC(F)(F)F)C(C)(C)C. The topological polar surface area (TPSA) is 27.7 Å². The molecule has 0 aliphatic heterocycles. The molecule has 1 unspecified atom stereocenters. The van der Waals surface area contributed by atoms with E-state index >= 15 is 0 Å². The number of halogens is 3. The Labute approximate surface area is 189 Å². The molecule has 7 heteroatoms. The Balaban J connectivity index is 2.12. The lowest BCUT2D eigenvalue weighted by Crippen LogP contribution is -2.34. The van der Waals surface area contributed by atoms with Crippen molar-refractivity contribution in [3.63, 3.8) is 0 Å². The van der Waals surface area contributed by atoms with Crippen molar-refractivity contribution in [1.29, 1.82) is 0 Å². The highest BCUT2D eigenvalue weighted by Gasteiger charge is 2.36. The minimum absolute atomic E-state index is 0.0223. The van der Waals surface area contributed by atoms with Crippen LogP contribution in [0.2, 0.25) is 0 Å². The summed E-state index contributed by atoms with van der Waals surface area (Å²) in [6, 6.07) is 24.2. The summed E-state index contributed by atoms with van der Waals surface area (Å²) in [5.74, 6) is -0.428. The number of ether oxygens (including phenoxy) is 3. The van der Waals surface area contributed by atoms with E-state index in [1.807, 2.05) is 81.4 Å². The first-order chi connectivity index (χ1) is 15.1. The zero-order chi connectivity index (χ0) is 23.4. The van der Waals surface area contributed by atoms with Gasteiger partial charge in [-0.3, -0.25) is 0 Å². The third-order valence-corrected chi connectivity index (χ3v) is 6.70. The maximum absolute atomic E-state index is 13.1. The zero-order valence-corrected chi connectivity index (χ0v) is 19.2. The van der Waals surface area contributed by atoms with Crippen LogP contribution in [0, 0.1) is 5.41 Å². The average Bonchev–Trinajstić information content (AvgIpc) is 2.73. The first-order valence-corrected chi connectivity index (χ1v) is 11.2. The highest BCUT2D eigenvalue weighted by Crippen LogP contribution is 2.40. The largest absolute Gasteiger partial charge is 0.573 e. The molecule has 170 valence electrons. The molecule has 0 saturated carbocycles. The molecule has 0 saturated heterocycles. The standard InChI is InChI=1S/C25H26F3O3S/c1-24(2,3)23(29-4)30-22-17-20(15-16-21(22)31-25(26,27)28)32(18-11-7-5-8-12-18)19-13-9-6-10-14-19/h5-17,23H,1-4H3/q+1. The predicted molar refractivity (Wildman–Crippen MR) is 119 cm³/mol. The van der Waals surface area contributed by atoms with E-state index in [9.17, 15) is 13.2 Å². The highest BCUT2D eigenvalue weighted by molar-refractivity contribution is 7.97. The van der Waals surface area contributed by atoms with E-state index in [0.717, 1.165) is 14.7 Å². The quantitative estimate of drug-likeness (QED) is 0.277. The van der Waals surface area contributed by atoms with Crippen LogP contribution in [0.25, 0.3) is 0 Å². The molecule has 0 aliphatic carbocycles. The van der Waals surface area contributed by atoms with Crippen molar-refractivity contribution in [2.45, 2.75) is 48.1 Å². The number of hydrogen-bond acceptors (Lipinski definition) is 3. The van der Waals surface area contributed by atoms with Gasteiger partial charge in [-0.2, -0.15) is 0 Å². The minimum Gasteiger partial charge on any atom is -0.460 e.